The molecule has 6 rings (SSSR count). The van der Waals surface area contributed by atoms with E-state index in [1.165, 1.54) is 36.9 Å². The SMILES string of the molecule is CCC(c1nn[nH]n1)C1CCN(c2ccc(Nc3ncc4c(C)cc(OC)c(C5CCCC5)c4n3)cc2)CC1. The summed E-state index contributed by atoms with van der Waals surface area (Å²) >= 11 is 0. The summed E-state index contributed by atoms with van der Waals surface area (Å²) in [5.74, 6) is 3.88. The van der Waals surface area contributed by atoms with Crippen LogP contribution in [0.25, 0.3) is 10.9 Å². The molecular formula is C30H38N8O. The van der Waals surface area contributed by atoms with Crippen LogP contribution in [-0.4, -0.2) is 50.8 Å². The molecule has 1 unspecified atom stereocenters. The van der Waals surface area contributed by atoms with Gasteiger partial charge < -0.3 is 15.0 Å². The number of aryl methyl sites for hydroxylation is 1. The molecule has 4 aromatic rings. The number of tetrazole rings is 1. The number of benzene rings is 2. The number of ether oxygens (including phenoxy) is 1. The minimum absolute atomic E-state index is 0.373. The smallest absolute Gasteiger partial charge is 0.227 e. The summed E-state index contributed by atoms with van der Waals surface area (Å²) in [5, 5.41) is 19.4. The van der Waals surface area contributed by atoms with Crippen molar-refractivity contribution in [1.29, 1.82) is 0 Å². The Bertz CT molecular complexity index is 1390. The van der Waals surface area contributed by atoms with Gasteiger partial charge in [0.05, 0.1) is 12.6 Å². The van der Waals surface area contributed by atoms with Gasteiger partial charge in [-0.1, -0.05) is 25.0 Å². The van der Waals surface area contributed by atoms with E-state index >= 15 is 0 Å². The molecular weight excluding hydrogens is 488 g/mol. The fourth-order valence-corrected chi connectivity index (χ4v) is 6.68. The van der Waals surface area contributed by atoms with Gasteiger partial charge in [0.25, 0.3) is 0 Å². The lowest BCUT2D eigenvalue weighted by Crippen LogP contribution is -2.35. The molecule has 3 heterocycles. The predicted octanol–water partition coefficient (Wildman–Crippen LogP) is 6.27. The maximum atomic E-state index is 5.82. The van der Waals surface area contributed by atoms with Gasteiger partial charge in [-0.05, 0) is 86.8 Å². The zero-order valence-corrected chi connectivity index (χ0v) is 23.2. The van der Waals surface area contributed by atoms with E-state index < -0.39 is 0 Å². The molecule has 1 aliphatic heterocycles. The van der Waals surface area contributed by atoms with Gasteiger partial charge in [-0.3, -0.25) is 0 Å². The van der Waals surface area contributed by atoms with Gasteiger partial charge in [0, 0.05) is 47.5 Å². The van der Waals surface area contributed by atoms with E-state index in [2.05, 4.69) is 80.0 Å². The lowest BCUT2D eigenvalue weighted by Gasteiger charge is -2.36. The highest BCUT2D eigenvalue weighted by Gasteiger charge is 2.29. The maximum Gasteiger partial charge on any atom is 0.227 e. The number of aromatic amines is 1. The first-order valence-corrected chi connectivity index (χ1v) is 14.3. The molecule has 1 saturated carbocycles. The zero-order valence-electron chi connectivity index (χ0n) is 23.2. The molecule has 1 atom stereocenters. The average molecular weight is 527 g/mol. The van der Waals surface area contributed by atoms with Crippen LogP contribution in [0.1, 0.15) is 80.7 Å². The third kappa shape index (κ3) is 5.14. The Morgan fingerprint density at radius 2 is 1.87 bits per heavy atom. The number of rotatable bonds is 8. The average Bonchev–Trinajstić information content (AvgIpc) is 3.70. The molecule has 9 heteroatoms. The van der Waals surface area contributed by atoms with Crippen molar-refractivity contribution in [2.75, 3.05) is 30.4 Å². The Morgan fingerprint density at radius 3 is 2.54 bits per heavy atom. The standard InChI is InChI=1S/C30H38N8O/c1-4-24(29-34-36-37-35-29)20-13-15-38(16-14-20)23-11-9-22(10-12-23)32-30-31-18-25-19(2)17-26(39-3)27(28(25)33-30)21-7-5-6-8-21/h9-12,17-18,20-21,24H,4-8,13-16H2,1-3H3,(H,31,32,33)(H,34,35,36,37). The highest BCUT2D eigenvalue weighted by molar-refractivity contribution is 5.88. The van der Waals surface area contributed by atoms with Gasteiger partial charge in [0.15, 0.2) is 5.82 Å². The van der Waals surface area contributed by atoms with Crippen LogP contribution in [0.3, 0.4) is 0 Å². The fraction of sp³-hybridized carbons (Fsp3) is 0.500. The van der Waals surface area contributed by atoms with Crippen molar-refractivity contribution in [3.8, 4) is 5.75 Å². The number of methoxy groups -OCH3 is 1. The molecule has 2 N–H and O–H groups in total. The molecule has 1 aliphatic carbocycles. The molecule has 2 aliphatic rings. The first-order valence-electron chi connectivity index (χ1n) is 14.3. The van der Waals surface area contributed by atoms with E-state index in [-0.39, 0.29) is 0 Å². The number of piperidine rings is 1. The normalized spacial score (nSPS) is 17.6. The maximum absolute atomic E-state index is 5.82. The summed E-state index contributed by atoms with van der Waals surface area (Å²) in [4.78, 5) is 12.2. The Hall–Kier alpha value is -3.75. The second kappa shape index (κ2) is 11.2. The minimum atomic E-state index is 0.373. The predicted molar refractivity (Wildman–Crippen MR) is 154 cm³/mol. The number of aromatic nitrogens is 6. The molecule has 2 fully saturated rings. The summed E-state index contributed by atoms with van der Waals surface area (Å²) in [5.41, 5.74) is 5.63. The van der Waals surface area contributed by atoms with E-state index in [1.807, 2.05) is 6.20 Å². The summed E-state index contributed by atoms with van der Waals surface area (Å²) in [6.07, 6.45) is 10.2. The van der Waals surface area contributed by atoms with Gasteiger partial charge in [0.1, 0.15) is 5.75 Å². The van der Waals surface area contributed by atoms with Crippen molar-refractivity contribution < 1.29 is 4.74 Å². The second-order valence-electron chi connectivity index (χ2n) is 11.0. The highest BCUT2D eigenvalue weighted by Crippen LogP contribution is 2.43. The first-order chi connectivity index (χ1) is 19.1. The van der Waals surface area contributed by atoms with Crippen LogP contribution in [0, 0.1) is 12.8 Å². The third-order valence-corrected chi connectivity index (χ3v) is 8.80. The Kier molecular flexibility index (Phi) is 7.30. The number of anilines is 3. The molecule has 0 bridgehead atoms. The second-order valence-corrected chi connectivity index (χ2v) is 11.0. The number of hydrogen-bond acceptors (Lipinski definition) is 8. The summed E-state index contributed by atoms with van der Waals surface area (Å²) in [6, 6.07) is 10.8. The number of hydrogen-bond donors (Lipinski definition) is 2. The Morgan fingerprint density at radius 1 is 1.10 bits per heavy atom. The van der Waals surface area contributed by atoms with Gasteiger partial charge in [-0.25, -0.2) is 9.97 Å². The van der Waals surface area contributed by atoms with Crippen LogP contribution in [0.4, 0.5) is 17.3 Å². The Labute approximate surface area is 229 Å². The molecule has 0 amide bonds. The molecule has 2 aromatic heterocycles. The van der Waals surface area contributed by atoms with Crippen LogP contribution < -0.4 is 15.0 Å². The fourth-order valence-electron chi connectivity index (χ4n) is 6.68. The Balaban J connectivity index is 1.16. The molecule has 1 saturated heterocycles. The number of H-pyrrole nitrogens is 1. The van der Waals surface area contributed by atoms with Crippen molar-refractivity contribution in [2.45, 2.75) is 70.6 Å². The summed E-state index contributed by atoms with van der Waals surface area (Å²) in [6.45, 7) is 6.38. The van der Waals surface area contributed by atoms with E-state index in [4.69, 9.17) is 9.72 Å². The minimum Gasteiger partial charge on any atom is -0.496 e. The van der Waals surface area contributed by atoms with Crippen LogP contribution in [-0.2, 0) is 0 Å². The lowest BCUT2D eigenvalue weighted by atomic mass is 9.82. The van der Waals surface area contributed by atoms with Gasteiger partial charge in [-0.15, -0.1) is 10.2 Å². The molecule has 9 nitrogen and oxygen atoms in total. The van der Waals surface area contributed by atoms with Gasteiger partial charge >= 0.3 is 0 Å². The summed E-state index contributed by atoms with van der Waals surface area (Å²) in [7, 11) is 1.76. The highest BCUT2D eigenvalue weighted by atomic mass is 16.5. The quantitative estimate of drug-likeness (QED) is 0.277. The van der Waals surface area contributed by atoms with Crippen LogP contribution in [0.2, 0.25) is 0 Å². The van der Waals surface area contributed by atoms with E-state index in [9.17, 15) is 0 Å². The zero-order chi connectivity index (χ0) is 26.8. The van der Waals surface area contributed by atoms with Gasteiger partial charge in [0.2, 0.25) is 5.95 Å². The van der Waals surface area contributed by atoms with Crippen LogP contribution in [0.15, 0.2) is 36.5 Å². The summed E-state index contributed by atoms with van der Waals surface area (Å²) < 4.78 is 5.82. The van der Waals surface area contributed by atoms with E-state index in [1.54, 1.807) is 7.11 Å². The molecule has 0 spiro atoms. The van der Waals surface area contributed by atoms with Gasteiger partial charge in [-0.2, -0.15) is 5.21 Å². The third-order valence-electron chi connectivity index (χ3n) is 8.80. The van der Waals surface area contributed by atoms with Crippen molar-refractivity contribution in [3.05, 3.63) is 53.5 Å². The molecule has 0 radical (unpaired) electrons. The number of nitrogens with one attached hydrogen (secondary N) is 2. The molecule has 39 heavy (non-hydrogen) atoms. The van der Waals surface area contributed by atoms with Crippen molar-refractivity contribution in [3.63, 3.8) is 0 Å². The van der Waals surface area contributed by atoms with Crippen LogP contribution in [0.5, 0.6) is 5.75 Å². The van der Waals surface area contributed by atoms with Crippen molar-refractivity contribution >= 4 is 28.2 Å². The van der Waals surface area contributed by atoms with E-state index in [0.29, 0.717) is 23.7 Å². The molecule has 2 aromatic carbocycles. The van der Waals surface area contributed by atoms with Crippen molar-refractivity contribution in [2.24, 2.45) is 5.92 Å². The number of fused-ring (bicyclic) bond motifs is 1. The number of nitrogens with zero attached hydrogens (tertiary/aromatic N) is 6. The first kappa shape index (κ1) is 25.5. The van der Waals surface area contributed by atoms with Crippen molar-refractivity contribution in [1.82, 2.24) is 30.6 Å². The molecule has 204 valence electrons. The lowest BCUT2D eigenvalue weighted by molar-refractivity contribution is 0.324. The monoisotopic (exact) mass is 526 g/mol. The van der Waals surface area contributed by atoms with Crippen LogP contribution >= 0.6 is 0 Å². The van der Waals surface area contributed by atoms with E-state index in [0.717, 1.165) is 66.1 Å². The largest absolute Gasteiger partial charge is 0.496 e. The topological polar surface area (TPSA) is 105 Å².